The summed E-state index contributed by atoms with van der Waals surface area (Å²) in [6.07, 6.45) is -1.38. The van der Waals surface area contributed by atoms with Crippen molar-refractivity contribution in [3.05, 3.63) is 0 Å². The van der Waals surface area contributed by atoms with E-state index in [9.17, 15) is 5.11 Å². The Morgan fingerprint density at radius 3 is 2.53 bits per heavy atom. The topological polar surface area (TPSA) is 66.4 Å². The lowest BCUT2D eigenvalue weighted by Gasteiger charge is -2.26. The molecule has 6 heteroatoms. The third kappa shape index (κ3) is 3.45. The summed E-state index contributed by atoms with van der Waals surface area (Å²) in [6, 6.07) is 0. The number of aliphatic hydroxyl groups excluding tert-OH is 1. The van der Waals surface area contributed by atoms with Crippen molar-refractivity contribution in [3.8, 4) is 0 Å². The van der Waals surface area contributed by atoms with Crippen LogP contribution in [0.2, 0.25) is 0 Å². The first kappa shape index (κ1) is 15.2. The van der Waals surface area contributed by atoms with E-state index >= 15 is 0 Å². The molecule has 2 aliphatic rings. The van der Waals surface area contributed by atoms with E-state index in [0.717, 1.165) is 0 Å². The second-order valence-electron chi connectivity index (χ2n) is 5.87. The van der Waals surface area contributed by atoms with Crippen LogP contribution in [0, 0.1) is 0 Å². The Balaban J connectivity index is 1.79. The van der Waals surface area contributed by atoms with E-state index < -0.39 is 30.1 Å². The van der Waals surface area contributed by atoms with E-state index in [1.807, 2.05) is 13.8 Å². The van der Waals surface area contributed by atoms with E-state index in [2.05, 4.69) is 0 Å². The van der Waals surface area contributed by atoms with Crippen molar-refractivity contribution < 1.29 is 28.8 Å². The molecular formula is C13H24O6. The quantitative estimate of drug-likeness (QED) is 0.756. The summed E-state index contributed by atoms with van der Waals surface area (Å²) in [5.74, 6) is -1.33. The number of hydrogen-bond acceptors (Lipinski definition) is 6. The van der Waals surface area contributed by atoms with Gasteiger partial charge in [0.15, 0.2) is 17.9 Å². The number of rotatable bonds is 5. The van der Waals surface area contributed by atoms with Gasteiger partial charge in [-0.15, -0.1) is 0 Å². The maximum atomic E-state index is 10.2. The summed E-state index contributed by atoms with van der Waals surface area (Å²) in [7, 11) is 1.59. The predicted molar refractivity (Wildman–Crippen MR) is 66.4 cm³/mol. The van der Waals surface area contributed by atoms with Crippen LogP contribution in [0.4, 0.5) is 0 Å². The van der Waals surface area contributed by atoms with Gasteiger partial charge < -0.3 is 28.8 Å². The second kappa shape index (κ2) is 5.27. The summed E-state index contributed by atoms with van der Waals surface area (Å²) in [5, 5.41) is 10.2. The minimum atomic E-state index is -0.699. The Morgan fingerprint density at radius 2 is 1.95 bits per heavy atom. The van der Waals surface area contributed by atoms with Crippen molar-refractivity contribution in [2.75, 3.05) is 13.7 Å². The Morgan fingerprint density at radius 1 is 1.26 bits per heavy atom. The van der Waals surface area contributed by atoms with Crippen LogP contribution in [0.1, 0.15) is 34.1 Å². The van der Waals surface area contributed by atoms with Gasteiger partial charge >= 0.3 is 0 Å². The van der Waals surface area contributed by atoms with Crippen molar-refractivity contribution in [1.82, 2.24) is 0 Å². The first-order valence-corrected chi connectivity index (χ1v) is 6.62. The molecule has 2 saturated heterocycles. The van der Waals surface area contributed by atoms with Gasteiger partial charge in [0.2, 0.25) is 0 Å². The molecule has 2 fully saturated rings. The summed E-state index contributed by atoms with van der Waals surface area (Å²) < 4.78 is 27.6. The molecule has 0 bridgehead atoms. The molecule has 4 atom stereocenters. The molecular weight excluding hydrogens is 252 g/mol. The van der Waals surface area contributed by atoms with Crippen molar-refractivity contribution in [2.45, 2.75) is 70.3 Å². The third-order valence-corrected chi connectivity index (χ3v) is 3.46. The van der Waals surface area contributed by atoms with Gasteiger partial charge in [-0.1, -0.05) is 0 Å². The van der Waals surface area contributed by atoms with Gasteiger partial charge in [-0.05, 0) is 34.1 Å². The Hall–Kier alpha value is -0.240. The monoisotopic (exact) mass is 276 g/mol. The van der Waals surface area contributed by atoms with Crippen LogP contribution in [0.15, 0.2) is 0 Å². The minimum absolute atomic E-state index is 0.334. The standard InChI is InChI=1S/C13H24O6/c1-12(2,15-5)16-7-6-8-9(14)10-11(17-8)19-13(3,4)18-10/h8-11,14H,6-7H2,1-5H3/t8-,9-,10-,11-/m1/s1. The Kier molecular flexibility index (Phi) is 4.21. The van der Waals surface area contributed by atoms with Crippen molar-refractivity contribution in [2.24, 2.45) is 0 Å². The maximum Gasteiger partial charge on any atom is 0.190 e. The molecule has 0 saturated carbocycles. The van der Waals surface area contributed by atoms with Crippen LogP contribution < -0.4 is 0 Å². The lowest BCUT2D eigenvalue weighted by Crippen LogP contribution is -2.36. The fraction of sp³-hybridized carbons (Fsp3) is 1.00. The molecule has 2 aliphatic heterocycles. The SMILES string of the molecule is COC(C)(C)OCC[C@H]1O[C@@H]2OC(C)(C)O[C@@H]2[C@@H]1O. The highest BCUT2D eigenvalue weighted by molar-refractivity contribution is 4.92. The van der Waals surface area contributed by atoms with Gasteiger partial charge in [0.25, 0.3) is 0 Å². The van der Waals surface area contributed by atoms with Crippen LogP contribution in [0.3, 0.4) is 0 Å². The van der Waals surface area contributed by atoms with Crippen molar-refractivity contribution >= 4 is 0 Å². The van der Waals surface area contributed by atoms with E-state index in [1.165, 1.54) is 0 Å². The highest BCUT2D eigenvalue weighted by atomic mass is 16.8. The summed E-state index contributed by atoms with van der Waals surface area (Å²) in [6.45, 7) is 7.72. The maximum absolute atomic E-state index is 10.2. The largest absolute Gasteiger partial charge is 0.387 e. The van der Waals surface area contributed by atoms with Gasteiger partial charge in [0, 0.05) is 7.11 Å². The smallest absolute Gasteiger partial charge is 0.190 e. The molecule has 0 aromatic heterocycles. The molecule has 19 heavy (non-hydrogen) atoms. The van der Waals surface area contributed by atoms with Gasteiger partial charge in [0.05, 0.1) is 12.7 Å². The zero-order valence-electron chi connectivity index (χ0n) is 12.2. The molecule has 0 amide bonds. The zero-order chi connectivity index (χ0) is 14.3. The van der Waals surface area contributed by atoms with Crippen LogP contribution in [0.25, 0.3) is 0 Å². The van der Waals surface area contributed by atoms with Crippen molar-refractivity contribution in [3.63, 3.8) is 0 Å². The number of methoxy groups -OCH3 is 1. The fourth-order valence-corrected chi connectivity index (χ4v) is 2.28. The van der Waals surface area contributed by atoms with Crippen LogP contribution in [-0.2, 0) is 23.7 Å². The summed E-state index contributed by atoms with van der Waals surface area (Å²) >= 11 is 0. The van der Waals surface area contributed by atoms with Gasteiger partial charge in [0.1, 0.15) is 12.2 Å². The normalized spacial score (nSPS) is 37.6. The molecule has 2 heterocycles. The lowest BCUT2D eigenvalue weighted by molar-refractivity contribution is -0.224. The highest BCUT2D eigenvalue weighted by Crippen LogP contribution is 2.38. The molecule has 6 nitrogen and oxygen atoms in total. The first-order chi connectivity index (χ1) is 8.74. The average molecular weight is 276 g/mol. The summed E-state index contributed by atoms with van der Waals surface area (Å²) in [4.78, 5) is 0. The Labute approximate surface area is 113 Å². The van der Waals surface area contributed by atoms with Crippen LogP contribution in [0.5, 0.6) is 0 Å². The number of ether oxygens (including phenoxy) is 5. The zero-order valence-corrected chi connectivity index (χ0v) is 12.2. The molecule has 112 valence electrons. The molecule has 0 aromatic carbocycles. The van der Waals surface area contributed by atoms with E-state index in [1.54, 1.807) is 21.0 Å². The number of fused-ring (bicyclic) bond motifs is 1. The Bertz CT molecular complexity index is 316. The number of hydrogen-bond donors (Lipinski definition) is 1. The molecule has 0 aromatic rings. The predicted octanol–water partition coefficient (Wildman–Crippen LogP) is 1.01. The van der Waals surface area contributed by atoms with E-state index in [4.69, 9.17) is 23.7 Å². The highest BCUT2D eigenvalue weighted by Gasteiger charge is 2.53. The number of aliphatic hydroxyl groups is 1. The second-order valence-corrected chi connectivity index (χ2v) is 5.87. The summed E-state index contributed by atoms with van der Waals surface area (Å²) in [5.41, 5.74) is 0. The van der Waals surface area contributed by atoms with Gasteiger partial charge in [-0.3, -0.25) is 0 Å². The van der Waals surface area contributed by atoms with Crippen LogP contribution >= 0.6 is 0 Å². The molecule has 0 aliphatic carbocycles. The third-order valence-electron chi connectivity index (χ3n) is 3.46. The average Bonchev–Trinajstić information content (AvgIpc) is 2.74. The van der Waals surface area contributed by atoms with Gasteiger partial charge in [-0.25, -0.2) is 0 Å². The molecule has 2 rings (SSSR count). The minimum Gasteiger partial charge on any atom is -0.387 e. The first-order valence-electron chi connectivity index (χ1n) is 6.62. The molecule has 0 unspecified atom stereocenters. The molecule has 1 N–H and O–H groups in total. The van der Waals surface area contributed by atoms with E-state index in [0.29, 0.717) is 13.0 Å². The lowest BCUT2D eigenvalue weighted by atomic mass is 10.1. The van der Waals surface area contributed by atoms with Gasteiger partial charge in [-0.2, -0.15) is 0 Å². The fourth-order valence-electron chi connectivity index (χ4n) is 2.28. The molecule has 0 spiro atoms. The van der Waals surface area contributed by atoms with Crippen molar-refractivity contribution in [1.29, 1.82) is 0 Å². The van der Waals surface area contributed by atoms with E-state index in [-0.39, 0.29) is 6.10 Å². The van der Waals surface area contributed by atoms with Crippen LogP contribution in [-0.4, -0.2) is 55.0 Å². The molecule has 0 radical (unpaired) electrons.